The number of anilines is 1. The van der Waals surface area contributed by atoms with Crippen LogP contribution in [0.2, 0.25) is 5.02 Å². The Morgan fingerprint density at radius 3 is 2.65 bits per heavy atom. The summed E-state index contributed by atoms with van der Waals surface area (Å²) in [5.74, 6) is 0.805. The van der Waals surface area contributed by atoms with E-state index >= 15 is 0 Å². The fourth-order valence-electron chi connectivity index (χ4n) is 3.42. The van der Waals surface area contributed by atoms with Crippen LogP contribution in [0.1, 0.15) is 31.3 Å². The Morgan fingerprint density at radius 1 is 1.06 bits per heavy atom. The molecule has 1 atom stereocenters. The topological polar surface area (TPSA) is 55.6 Å². The summed E-state index contributed by atoms with van der Waals surface area (Å²) in [6, 6.07) is 14.8. The summed E-state index contributed by atoms with van der Waals surface area (Å²) in [6.45, 7) is 6.80. The molecule has 1 N–H and O–H groups in total. The molecular formula is C24H23ClFN5. The average Bonchev–Trinajstić information content (AvgIpc) is 3.25. The van der Waals surface area contributed by atoms with Gasteiger partial charge in [-0.25, -0.2) is 14.4 Å². The molecule has 0 aliphatic rings. The fourth-order valence-corrected chi connectivity index (χ4v) is 3.54. The molecule has 0 aliphatic heterocycles. The third-order valence-corrected chi connectivity index (χ3v) is 5.40. The van der Waals surface area contributed by atoms with Gasteiger partial charge >= 0.3 is 0 Å². The van der Waals surface area contributed by atoms with Crippen molar-refractivity contribution in [1.82, 2.24) is 19.7 Å². The first-order valence-corrected chi connectivity index (χ1v) is 10.5. The Kier molecular flexibility index (Phi) is 6.00. The van der Waals surface area contributed by atoms with E-state index in [1.54, 1.807) is 6.07 Å². The van der Waals surface area contributed by atoms with Crippen LogP contribution in [-0.4, -0.2) is 19.7 Å². The molecule has 0 bridgehead atoms. The maximum Gasteiger partial charge on any atom is 0.142 e. The molecule has 4 aromatic rings. The van der Waals surface area contributed by atoms with Crippen LogP contribution in [0.3, 0.4) is 0 Å². The molecule has 0 fully saturated rings. The van der Waals surface area contributed by atoms with E-state index in [0.29, 0.717) is 22.9 Å². The van der Waals surface area contributed by atoms with E-state index in [0.717, 1.165) is 23.2 Å². The molecule has 0 spiro atoms. The van der Waals surface area contributed by atoms with Gasteiger partial charge < -0.3 is 5.32 Å². The van der Waals surface area contributed by atoms with Gasteiger partial charge in [0.15, 0.2) is 0 Å². The molecule has 0 saturated carbocycles. The molecule has 7 heteroatoms. The van der Waals surface area contributed by atoms with Crippen molar-refractivity contribution in [3.63, 3.8) is 0 Å². The SMILES string of the molecule is CCn1cc(-c2cccc([C@H](C)Nc3cc(-c4ccc(Cl)c(F)c4)nc(C)n3)c2)cn1. The zero-order chi connectivity index (χ0) is 22.0. The predicted octanol–water partition coefficient (Wildman–Crippen LogP) is 6.30. The first kappa shape index (κ1) is 21.0. The number of rotatable bonds is 6. The van der Waals surface area contributed by atoms with Crippen LogP contribution in [0.25, 0.3) is 22.4 Å². The van der Waals surface area contributed by atoms with Crippen molar-refractivity contribution in [3.8, 4) is 22.4 Å². The lowest BCUT2D eigenvalue weighted by Gasteiger charge is -2.17. The van der Waals surface area contributed by atoms with Crippen LogP contribution in [0.4, 0.5) is 10.2 Å². The van der Waals surface area contributed by atoms with Crippen molar-refractivity contribution in [2.45, 2.75) is 33.4 Å². The van der Waals surface area contributed by atoms with E-state index in [2.05, 4.69) is 52.4 Å². The normalized spacial score (nSPS) is 12.0. The average molecular weight is 436 g/mol. The predicted molar refractivity (Wildman–Crippen MR) is 123 cm³/mol. The summed E-state index contributed by atoms with van der Waals surface area (Å²) in [5, 5.41) is 7.89. The second-order valence-electron chi connectivity index (χ2n) is 7.39. The molecule has 0 unspecified atom stereocenters. The van der Waals surface area contributed by atoms with Gasteiger partial charge in [0.05, 0.1) is 16.9 Å². The summed E-state index contributed by atoms with van der Waals surface area (Å²) in [4.78, 5) is 8.95. The Labute approximate surface area is 185 Å². The van der Waals surface area contributed by atoms with Gasteiger partial charge in [0.25, 0.3) is 0 Å². The summed E-state index contributed by atoms with van der Waals surface area (Å²) < 4.78 is 15.8. The van der Waals surface area contributed by atoms with Crippen molar-refractivity contribution < 1.29 is 4.39 Å². The summed E-state index contributed by atoms with van der Waals surface area (Å²) in [5.41, 5.74) is 4.61. The van der Waals surface area contributed by atoms with Gasteiger partial charge in [0.1, 0.15) is 17.5 Å². The smallest absolute Gasteiger partial charge is 0.142 e. The van der Waals surface area contributed by atoms with Crippen molar-refractivity contribution in [1.29, 1.82) is 0 Å². The lowest BCUT2D eigenvalue weighted by atomic mass is 10.0. The van der Waals surface area contributed by atoms with Gasteiger partial charge in [0.2, 0.25) is 0 Å². The number of hydrogen-bond donors (Lipinski definition) is 1. The monoisotopic (exact) mass is 435 g/mol. The molecule has 31 heavy (non-hydrogen) atoms. The van der Waals surface area contributed by atoms with Gasteiger partial charge in [-0.2, -0.15) is 5.10 Å². The Morgan fingerprint density at radius 2 is 1.90 bits per heavy atom. The number of nitrogens with zero attached hydrogens (tertiary/aromatic N) is 4. The van der Waals surface area contributed by atoms with Crippen LogP contribution in [-0.2, 0) is 6.54 Å². The number of aryl methyl sites for hydroxylation is 2. The van der Waals surface area contributed by atoms with Crippen LogP contribution in [0, 0.1) is 12.7 Å². The third kappa shape index (κ3) is 4.75. The highest BCUT2D eigenvalue weighted by molar-refractivity contribution is 6.30. The third-order valence-electron chi connectivity index (χ3n) is 5.09. The molecule has 0 aliphatic carbocycles. The van der Waals surface area contributed by atoms with E-state index in [4.69, 9.17) is 11.6 Å². The highest BCUT2D eigenvalue weighted by Gasteiger charge is 2.12. The number of nitrogens with one attached hydrogen (secondary N) is 1. The fraction of sp³-hybridized carbons (Fsp3) is 0.208. The largest absolute Gasteiger partial charge is 0.363 e. The van der Waals surface area contributed by atoms with Crippen molar-refractivity contribution in [3.05, 3.63) is 83.2 Å². The Hall–Kier alpha value is -3.25. The Balaban J connectivity index is 1.58. The van der Waals surface area contributed by atoms with Crippen molar-refractivity contribution in [2.75, 3.05) is 5.32 Å². The lowest BCUT2D eigenvalue weighted by Crippen LogP contribution is -2.09. The number of hydrogen-bond acceptors (Lipinski definition) is 4. The molecule has 4 rings (SSSR count). The number of aromatic nitrogens is 4. The molecule has 5 nitrogen and oxygen atoms in total. The van der Waals surface area contributed by atoms with Gasteiger partial charge in [-0.15, -0.1) is 0 Å². The zero-order valence-corrected chi connectivity index (χ0v) is 18.4. The quantitative estimate of drug-likeness (QED) is 0.386. The van der Waals surface area contributed by atoms with Gasteiger partial charge in [-0.1, -0.05) is 35.9 Å². The molecule has 2 aromatic heterocycles. The minimum Gasteiger partial charge on any atom is -0.363 e. The van der Waals surface area contributed by atoms with E-state index in [1.165, 1.54) is 12.1 Å². The van der Waals surface area contributed by atoms with Crippen LogP contribution >= 0.6 is 11.6 Å². The van der Waals surface area contributed by atoms with E-state index in [-0.39, 0.29) is 11.1 Å². The molecule has 0 amide bonds. The number of benzene rings is 2. The molecule has 0 saturated heterocycles. The van der Waals surface area contributed by atoms with Gasteiger partial charge in [0, 0.05) is 36.0 Å². The summed E-state index contributed by atoms with van der Waals surface area (Å²) in [7, 11) is 0. The first-order valence-electron chi connectivity index (χ1n) is 10.1. The van der Waals surface area contributed by atoms with Gasteiger partial charge in [-0.3, -0.25) is 4.68 Å². The van der Waals surface area contributed by atoms with Crippen LogP contribution < -0.4 is 5.32 Å². The standard InChI is InChI=1S/C24H23ClFN5/c1-4-31-14-20(13-27-31)18-7-5-6-17(10-18)15(2)28-24-12-23(29-16(3)30-24)19-8-9-21(25)22(26)11-19/h5-15H,4H2,1-3H3,(H,28,29,30)/t15-/m0/s1. The zero-order valence-electron chi connectivity index (χ0n) is 17.6. The minimum atomic E-state index is -0.471. The van der Waals surface area contributed by atoms with Crippen molar-refractivity contribution in [2.24, 2.45) is 0 Å². The molecule has 2 heterocycles. The van der Waals surface area contributed by atoms with E-state index in [9.17, 15) is 4.39 Å². The molecule has 158 valence electrons. The maximum atomic E-state index is 13.9. The minimum absolute atomic E-state index is 0.00488. The molecular weight excluding hydrogens is 413 g/mol. The summed E-state index contributed by atoms with van der Waals surface area (Å²) >= 11 is 5.81. The highest BCUT2D eigenvalue weighted by atomic mass is 35.5. The highest BCUT2D eigenvalue weighted by Crippen LogP contribution is 2.27. The van der Waals surface area contributed by atoms with Crippen LogP contribution in [0.15, 0.2) is 60.9 Å². The second-order valence-corrected chi connectivity index (χ2v) is 7.80. The van der Waals surface area contributed by atoms with Crippen molar-refractivity contribution >= 4 is 17.4 Å². The number of halogens is 2. The first-order chi connectivity index (χ1) is 14.9. The van der Waals surface area contributed by atoms with Crippen LogP contribution in [0.5, 0.6) is 0 Å². The lowest BCUT2D eigenvalue weighted by molar-refractivity contribution is 0.628. The molecule has 0 radical (unpaired) electrons. The Bertz CT molecular complexity index is 1220. The van der Waals surface area contributed by atoms with Gasteiger partial charge in [-0.05, 0) is 50.1 Å². The molecule has 2 aromatic carbocycles. The summed E-state index contributed by atoms with van der Waals surface area (Å²) in [6.07, 6.45) is 3.93. The van der Waals surface area contributed by atoms with E-state index in [1.807, 2.05) is 36.1 Å². The second kappa shape index (κ2) is 8.86. The van der Waals surface area contributed by atoms with E-state index < -0.39 is 5.82 Å². The maximum absolute atomic E-state index is 13.9.